The Morgan fingerprint density at radius 1 is 1.25 bits per heavy atom. The van der Waals surface area contributed by atoms with E-state index in [1.807, 2.05) is 31.2 Å². The summed E-state index contributed by atoms with van der Waals surface area (Å²) >= 11 is 7.42. The van der Waals surface area contributed by atoms with Crippen LogP contribution in [0, 0.1) is 6.92 Å². The maximum atomic E-state index is 12.3. The van der Waals surface area contributed by atoms with Crippen molar-refractivity contribution < 1.29 is 19.1 Å². The standard InChI is InChI=1S/C23H22ClN3O4S/c1-15-18(24)3-2-4-19(15)25-23-26-22(29)20(32-23)13-16-5-7-17(8-6-16)31-14-21(28)27-9-11-30-12-10-27/h2-8,13H,9-12,14H2,1H3,(H,25,26,29)/b20-13-. The zero-order chi connectivity index (χ0) is 22.5. The number of aliphatic imine (C=N–C) groups is 1. The Morgan fingerprint density at radius 3 is 2.75 bits per heavy atom. The molecule has 2 amide bonds. The number of carbonyl (C=O) groups is 2. The Balaban J connectivity index is 1.37. The first-order valence-electron chi connectivity index (χ1n) is 10.1. The maximum Gasteiger partial charge on any atom is 0.264 e. The van der Waals surface area contributed by atoms with Crippen LogP contribution in [-0.2, 0) is 14.3 Å². The molecule has 2 aromatic carbocycles. The Bertz CT molecular complexity index is 1080. The molecule has 0 bridgehead atoms. The molecule has 2 aliphatic heterocycles. The van der Waals surface area contributed by atoms with Gasteiger partial charge in [-0.3, -0.25) is 9.59 Å². The third-order valence-electron chi connectivity index (χ3n) is 5.02. The van der Waals surface area contributed by atoms with E-state index in [9.17, 15) is 9.59 Å². The molecule has 166 valence electrons. The van der Waals surface area contributed by atoms with Gasteiger partial charge in [0.1, 0.15) is 5.75 Å². The summed E-state index contributed by atoms with van der Waals surface area (Å²) in [6.45, 7) is 4.18. The lowest BCUT2D eigenvalue weighted by Crippen LogP contribution is -2.42. The van der Waals surface area contributed by atoms with E-state index < -0.39 is 0 Å². The fraction of sp³-hybridized carbons (Fsp3) is 0.261. The van der Waals surface area contributed by atoms with Gasteiger partial charge in [0.05, 0.1) is 23.8 Å². The monoisotopic (exact) mass is 471 g/mol. The van der Waals surface area contributed by atoms with Crippen molar-refractivity contribution in [3.8, 4) is 5.75 Å². The number of ether oxygens (including phenoxy) is 2. The van der Waals surface area contributed by atoms with Crippen molar-refractivity contribution in [1.82, 2.24) is 10.2 Å². The minimum atomic E-state index is -0.204. The summed E-state index contributed by atoms with van der Waals surface area (Å²) in [6, 6.07) is 12.7. The highest BCUT2D eigenvalue weighted by Gasteiger charge is 2.24. The van der Waals surface area contributed by atoms with Gasteiger partial charge in [0.25, 0.3) is 11.8 Å². The van der Waals surface area contributed by atoms with Crippen molar-refractivity contribution in [2.75, 3.05) is 32.9 Å². The van der Waals surface area contributed by atoms with Gasteiger partial charge in [-0.1, -0.05) is 29.8 Å². The number of carbonyl (C=O) groups excluding carboxylic acids is 2. The number of nitrogens with one attached hydrogen (secondary N) is 1. The third-order valence-corrected chi connectivity index (χ3v) is 6.34. The number of hydrogen-bond donors (Lipinski definition) is 1. The van der Waals surface area contributed by atoms with E-state index in [-0.39, 0.29) is 18.4 Å². The second kappa shape index (κ2) is 10.2. The number of benzene rings is 2. The number of thioether (sulfide) groups is 1. The molecular formula is C23H22ClN3O4S. The predicted molar refractivity (Wildman–Crippen MR) is 126 cm³/mol. The van der Waals surface area contributed by atoms with Gasteiger partial charge in [0, 0.05) is 18.1 Å². The molecule has 9 heteroatoms. The molecule has 0 radical (unpaired) electrons. The molecule has 0 spiro atoms. The Morgan fingerprint density at radius 2 is 2.00 bits per heavy atom. The molecule has 2 aliphatic rings. The average Bonchev–Trinajstić information content (AvgIpc) is 3.15. The van der Waals surface area contributed by atoms with Gasteiger partial charge in [0.2, 0.25) is 0 Å². The van der Waals surface area contributed by atoms with Crippen LogP contribution in [0.4, 0.5) is 5.69 Å². The van der Waals surface area contributed by atoms with Crippen molar-refractivity contribution in [2.24, 2.45) is 4.99 Å². The molecule has 0 atom stereocenters. The fourth-order valence-electron chi connectivity index (χ4n) is 3.17. The first-order chi connectivity index (χ1) is 15.5. The molecule has 0 aliphatic carbocycles. The molecule has 2 aromatic rings. The first kappa shape index (κ1) is 22.4. The minimum Gasteiger partial charge on any atom is -0.484 e. The highest BCUT2D eigenvalue weighted by atomic mass is 35.5. The van der Waals surface area contributed by atoms with Crippen LogP contribution in [0.1, 0.15) is 11.1 Å². The van der Waals surface area contributed by atoms with Crippen molar-refractivity contribution in [3.63, 3.8) is 0 Å². The number of rotatable bonds is 5. The zero-order valence-electron chi connectivity index (χ0n) is 17.5. The summed E-state index contributed by atoms with van der Waals surface area (Å²) in [5.41, 5.74) is 2.42. The van der Waals surface area contributed by atoms with E-state index in [4.69, 9.17) is 21.1 Å². The SMILES string of the molecule is Cc1c(Cl)cccc1N=C1NC(=O)/C(=C/c2ccc(OCC(=O)N3CCOCC3)cc2)S1. The van der Waals surface area contributed by atoms with Crippen LogP contribution in [0.5, 0.6) is 5.75 Å². The molecule has 7 nitrogen and oxygen atoms in total. The summed E-state index contributed by atoms with van der Waals surface area (Å²) in [5.74, 6) is 0.334. The normalized spacial score (nSPS) is 18.8. The van der Waals surface area contributed by atoms with Crippen molar-refractivity contribution in [3.05, 3.63) is 63.5 Å². The molecule has 2 saturated heterocycles. The lowest BCUT2D eigenvalue weighted by atomic mass is 10.2. The minimum absolute atomic E-state index is 0.0125. The number of nitrogens with zero attached hydrogens (tertiary/aromatic N) is 2. The van der Waals surface area contributed by atoms with Gasteiger partial charge < -0.3 is 19.7 Å². The Labute approximate surface area is 195 Å². The summed E-state index contributed by atoms with van der Waals surface area (Å²) in [7, 11) is 0. The molecule has 0 saturated carbocycles. The van der Waals surface area contributed by atoms with Crippen LogP contribution in [0.3, 0.4) is 0 Å². The lowest BCUT2D eigenvalue weighted by Gasteiger charge is -2.26. The maximum absolute atomic E-state index is 12.3. The van der Waals surface area contributed by atoms with Crippen molar-refractivity contribution >= 4 is 52.1 Å². The number of morpholine rings is 1. The average molecular weight is 472 g/mol. The summed E-state index contributed by atoms with van der Waals surface area (Å²) in [4.78, 5) is 31.3. The Hall–Kier alpha value is -2.81. The molecule has 0 unspecified atom stereocenters. The molecule has 2 fully saturated rings. The van der Waals surface area contributed by atoms with Gasteiger partial charge in [0.15, 0.2) is 11.8 Å². The van der Waals surface area contributed by atoms with E-state index in [0.29, 0.717) is 47.1 Å². The Kier molecular flexibility index (Phi) is 7.14. The zero-order valence-corrected chi connectivity index (χ0v) is 19.0. The quantitative estimate of drug-likeness (QED) is 0.671. The number of amidine groups is 1. The fourth-order valence-corrected chi connectivity index (χ4v) is 4.17. The number of halogens is 1. The van der Waals surface area contributed by atoms with Crippen molar-refractivity contribution in [1.29, 1.82) is 0 Å². The van der Waals surface area contributed by atoms with Gasteiger partial charge in [-0.05, 0) is 60.2 Å². The molecule has 1 N–H and O–H groups in total. The molecule has 2 heterocycles. The van der Waals surface area contributed by atoms with Gasteiger partial charge >= 0.3 is 0 Å². The van der Waals surface area contributed by atoms with Gasteiger partial charge in [-0.2, -0.15) is 0 Å². The van der Waals surface area contributed by atoms with Crippen LogP contribution in [-0.4, -0.2) is 54.8 Å². The lowest BCUT2D eigenvalue weighted by molar-refractivity contribution is -0.137. The number of hydrogen-bond acceptors (Lipinski definition) is 6. The van der Waals surface area contributed by atoms with Gasteiger partial charge in [-0.15, -0.1) is 0 Å². The van der Waals surface area contributed by atoms with Crippen LogP contribution < -0.4 is 10.1 Å². The molecule has 4 rings (SSSR count). The topological polar surface area (TPSA) is 80.2 Å². The van der Waals surface area contributed by atoms with Crippen LogP contribution in [0.2, 0.25) is 5.02 Å². The largest absolute Gasteiger partial charge is 0.484 e. The van der Waals surface area contributed by atoms with E-state index in [0.717, 1.165) is 16.8 Å². The highest BCUT2D eigenvalue weighted by Crippen LogP contribution is 2.31. The number of amides is 2. The first-order valence-corrected chi connectivity index (χ1v) is 11.3. The second-order valence-corrected chi connectivity index (χ2v) is 8.65. The van der Waals surface area contributed by atoms with E-state index in [1.165, 1.54) is 11.8 Å². The molecule has 0 aromatic heterocycles. The summed E-state index contributed by atoms with van der Waals surface area (Å²) in [6.07, 6.45) is 1.79. The van der Waals surface area contributed by atoms with Crippen LogP contribution in [0.15, 0.2) is 52.4 Å². The van der Waals surface area contributed by atoms with Gasteiger partial charge in [-0.25, -0.2) is 4.99 Å². The summed E-state index contributed by atoms with van der Waals surface area (Å²) < 4.78 is 10.9. The van der Waals surface area contributed by atoms with E-state index in [2.05, 4.69) is 10.3 Å². The predicted octanol–water partition coefficient (Wildman–Crippen LogP) is 3.78. The van der Waals surface area contributed by atoms with E-state index >= 15 is 0 Å². The molecule has 32 heavy (non-hydrogen) atoms. The van der Waals surface area contributed by atoms with E-state index in [1.54, 1.807) is 29.2 Å². The van der Waals surface area contributed by atoms with Crippen LogP contribution in [0.25, 0.3) is 6.08 Å². The van der Waals surface area contributed by atoms with Crippen LogP contribution >= 0.6 is 23.4 Å². The third kappa shape index (κ3) is 5.51. The molecular weight excluding hydrogens is 450 g/mol. The smallest absolute Gasteiger partial charge is 0.264 e. The second-order valence-electron chi connectivity index (χ2n) is 7.22. The highest BCUT2D eigenvalue weighted by molar-refractivity contribution is 8.18. The summed E-state index contributed by atoms with van der Waals surface area (Å²) in [5, 5.41) is 3.92. The van der Waals surface area contributed by atoms with Crippen molar-refractivity contribution in [2.45, 2.75) is 6.92 Å².